The van der Waals surface area contributed by atoms with Gasteiger partial charge in [-0.25, -0.2) is 4.98 Å². The molecule has 1 fully saturated rings. The van der Waals surface area contributed by atoms with E-state index in [0.717, 1.165) is 15.6 Å². The molecule has 0 amide bonds. The summed E-state index contributed by atoms with van der Waals surface area (Å²) in [6.45, 7) is 0.486. The van der Waals surface area contributed by atoms with E-state index >= 15 is 0 Å². The van der Waals surface area contributed by atoms with Crippen LogP contribution < -0.4 is 4.74 Å². The molecule has 1 saturated heterocycles. The van der Waals surface area contributed by atoms with E-state index in [1.165, 1.54) is 13.2 Å². The molecule has 31 heavy (non-hydrogen) atoms. The number of carbonyl (C=O) groups is 1. The Morgan fingerprint density at radius 3 is 2.94 bits per heavy atom. The lowest BCUT2D eigenvalue weighted by molar-refractivity contribution is -0.144. The maximum atomic E-state index is 13.0. The molecule has 0 N–H and O–H groups in total. The Bertz CT molecular complexity index is 1120. The Morgan fingerprint density at radius 2 is 2.19 bits per heavy atom. The molecule has 0 aliphatic carbocycles. The first kappa shape index (κ1) is 21.7. The molecule has 0 radical (unpaired) electrons. The zero-order valence-corrected chi connectivity index (χ0v) is 18.6. The van der Waals surface area contributed by atoms with Crippen molar-refractivity contribution in [1.29, 1.82) is 0 Å². The van der Waals surface area contributed by atoms with E-state index in [1.54, 1.807) is 6.07 Å². The number of ether oxygens (including phenoxy) is 2. The first-order valence-electron chi connectivity index (χ1n) is 9.79. The van der Waals surface area contributed by atoms with Crippen molar-refractivity contribution in [2.75, 3.05) is 20.2 Å². The highest BCUT2D eigenvalue weighted by atomic mass is 79.9. The van der Waals surface area contributed by atoms with Crippen LogP contribution in [0, 0.1) is 12.8 Å². The number of oxazole rings is 1. The number of fused-ring (bicyclic) bond motifs is 1. The van der Waals surface area contributed by atoms with Crippen LogP contribution in [0.3, 0.4) is 0 Å². The van der Waals surface area contributed by atoms with Gasteiger partial charge in [-0.2, -0.15) is 8.78 Å². The Kier molecular flexibility index (Phi) is 6.24. The van der Waals surface area contributed by atoms with Gasteiger partial charge in [0.15, 0.2) is 5.58 Å². The number of nitrogens with zero attached hydrogens (tertiary/aromatic N) is 2. The van der Waals surface area contributed by atoms with E-state index in [-0.39, 0.29) is 17.6 Å². The van der Waals surface area contributed by atoms with Crippen molar-refractivity contribution in [1.82, 2.24) is 9.88 Å². The van der Waals surface area contributed by atoms with Gasteiger partial charge in [0.1, 0.15) is 11.3 Å². The molecule has 164 valence electrons. The van der Waals surface area contributed by atoms with Crippen LogP contribution in [0.5, 0.6) is 5.75 Å². The minimum Gasteiger partial charge on any atom is -0.469 e. The number of aromatic nitrogens is 1. The molecule has 0 spiro atoms. The SMILES string of the molecule is COC(=O)C1CCN(Cc2cc3nc(-c4cccc(Br)c4C)oc3cc2OC(F)F)C1. The van der Waals surface area contributed by atoms with Crippen LogP contribution in [0.4, 0.5) is 8.78 Å². The third kappa shape index (κ3) is 4.57. The van der Waals surface area contributed by atoms with Crippen LogP contribution in [0.15, 0.2) is 39.2 Å². The summed E-state index contributed by atoms with van der Waals surface area (Å²) in [7, 11) is 1.36. The van der Waals surface area contributed by atoms with Crippen molar-refractivity contribution in [2.24, 2.45) is 5.92 Å². The molecule has 9 heteroatoms. The summed E-state index contributed by atoms with van der Waals surface area (Å²) in [5.41, 5.74) is 3.25. The lowest BCUT2D eigenvalue weighted by atomic mass is 10.1. The number of benzene rings is 2. The van der Waals surface area contributed by atoms with Gasteiger partial charge in [-0.1, -0.05) is 22.0 Å². The van der Waals surface area contributed by atoms with Gasteiger partial charge in [-0.05, 0) is 43.7 Å². The molecular weight excluding hydrogens is 474 g/mol. The molecule has 0 saturated carbocycles. The molecule has 6 nitrogen and oxygen atoms in total. The lowest BCUT2D eigenvalue weighted by Crippen LogP contribution is -2.24. The van der Waals surface area contributed by atoms with Crippen molar-refractivity contribution >= 4 is 33.0 Å². The second-order valence-corrected chi connectivity index (χ2v) is 8.34. The van der Waals surface area contributed by atoms with Gasteiger partial charge in [-0.15, -0.1) is 0 Å². The summed E-state index contributed by atoms with van der Waals surface area (Å²) >= 11 is 3.50. The molecule has 2 heterocycles. The summed E-state index contributed by atoms with van der Waals surface area (Å²) < 4.78 is 42.5. The highest BCUT2D eigenvalue weighted by Gasteiger charge is 2.30. The van der Waals surface area contributed by atoms with E-state index in [0.29, 0.717) is 48.6 Å². The van der Waals surface area contributed by atoms with Crippen LogP contribution >= 0.6 is 15.9 Å². The van der Waals surface area contributed by atoms with Crippen LogP contribution in [0.2, 0.25) is 0 Å². The van der Waals surface area contributed by atoms with Crippen LogP contribution in [-0.4, -0.2) is 42.7 Å². The first-order valence-corrected chi connectivity index (χ1v) is 10.6. The average molecular weight is 495 g/mol. The summed E-state index contributed by atoms with van der Waals surface area (Å²) in [6, 6.07) is 8.85. The number of rotatable bonds is 6. The average Bonchev–Trinajstić information content (AvgIpc) is 3.36. The summed E-state index contributed by atoms with van der Waals surface area (Å²) in [4.78, 5) is 18.4. The number of methoxy groups -OCH3 is 1. The predicted octanol–water partition coefficient (Wildman–Crippen LogP) is 5.16. The monoisotopic (exact) mass is 494 g/mol. The molecule has 4 rings (SSSR count). The summed E-state index contributed by atoms with van der Waals surface area (Å²) in [5.74, 6) is -0.0301. The minimum atomic E-state index is -2.97. The van der Waals surface area contributed by atoms with Gasteiger partial charge in [-0.3, -0.25) is 9.69 Å². The van der Waals surface area contributed by atoms with Gasteiger partial charge < -0.3 is 13.9 Å². The molecule has 3 aromatic rings. The second kappa shape index (κ2) is 8.92. The minimum absolute atomic E-state index is 0.0395. The molecule has 2 aromatic carbocycles. The standard InChI is InChI=1S/C22H21BrF2N2O4/c1-12-15(4-3-5-16(12)23)20-26-17-8-14(18(31-22(24)25)9-19(17)30-20)11-27-7-6-13(10-27)21(28)29-2/h3-5,8-9,13,22H,6-7,10-11H2,1-2H3. The first-order chi connectivity index (χ1) is 14.9. The fourth-order valence-corrected chi connectivity index (χ4v) is 4.22. The zero-order chi connectivity index (χ0) is 22.1. The topological polar surface area (TPSA) is 64.8 Å². The number of alkyl halides is 2. The highest BCUT2D eigenvalue weighted by Crippen LogP contribution is 2.34. The van der Waals surface area contributed by atoms with E-state index in [2.05, 4.69) is 20.9 Å². The molecule has 0 bridgehead atoms. The van der Waals surface area contributed by atoms with Crippen LogP contribution in [0.1, 0.15) is 17.5 Å². The van der Waals surface area contributed by atoms with E-state index in [4.69, 9.17) is 13.9 Å². The van der Waals surface area contributed by atoms with E-state index < -0.39 is 6.61 Å². The Morgan fingerprint density at radius 1 is 1.39 bits per heavy atom. The second-order valence-electron chi connectivity index (χ2n) is 7.48. The van der Waals surface area contributed by atoms with Gasteiger partial charge in [0.25, 0.3) is 0 Å². The van der Waals surface area contributed by atoms with Gasteiger partial charge in [0.2, 0.25) is 5.89 Å². The normalized spacial score (nSPS) is 16.9. The maximum Gasteiger partial charge on any atom is 0.387 e. The Hall–Kier alpha value is -2.52. The Labute approximate surface area is 186 Å². The lowest BCUT2D eigenvalue weighted by Gasteiger charge is -2.18. The number of esters is 1. The molecule has 1 aromatic heterocycles. The third-order valence-electron chi connectivity index (χ3n) is 5.49. The predicted molar refractivity (Wildman–Crippen MR) is 114 cm³/mol. The molecule has 1 aliphatic heterocycles. The van der Waals surface area contributed by atoms with Gasteiger partial charge in [0, 0.05) is 34.8 Å². The number of halogens is 3. The molecule has 1 atom stereocenters. The quantitative estimate of drug-likeness (QED) is 0.441. The molecular formula is C22H21BrF2N2O4. The number of hydrogen-bond donors (Lipinski definition) is 0. The fraction of sp³-hybridized carbons (Fsp3) is 0.364. The molecule has 1 unspecified atom stereocenters. The van der Waals surface area contributed by atoms with Crippen molar-refractivity contribution in [3.63, 3.8) is 0 Å². The van der Waals surface area contributed by atoms with Crippen molar-refractivity contribution in [3.8, 4) is 17.2 Å². The van der Waals surface area contributed by atoms with Crippen molar-refractivity contribution in [3.05, 3.63) is 45.9 Å². The van der Waals surface area contributed by atoms with E-state index in [9.17, 15) is 13.6 Å². The number of hydrogen-bond acceptors (Lipinski definition) is 6. The summed E-state index contributed by atoms with van der Waals surface area (Å²) in [6.07, 6.45) is 0.663. The highest BCUT2D eigenvalue weighted by molar-refractivity contribution is 9.10. The number of carbonyl (C=O) groups excluding carboxylic acids is 1. The maximum absolute atomic E-state index is 13.0. The molecule has 1 aliphatic rings. The van der Waals surface area contributed by atoms with E-state index in [1.807, 2.05) is 30.0 Å². The zero-order valence-electron chi connectivity index (χ0n) is 17.0. The van der Waals surface area contributed by atoms with Crippen LogP contribution in [0.25, 0.3) is 22.6 Å². The summed E-state index contributed by atoms with van der Waals surface area (Å²) in [5, 5.41) is 0. The van der Waals surface area contributed by atoms with Gasteiger partial charge >= 0.3 is 12.6 Å². The smallest absolute Gasteiger partial charge is 0.387 e. The fourth-order valence-electron chi connectivity index (χ4n) is 3.86. The van der Waals surface area contributed by atoms with Crippen LogP contribution in [-0.2, 0) is 16.1 Å². The largest absolute Gasteiger partial charge is 0.469 e. The van der Waals surface area contributed by atoms with Gasteiger partial charge in [0.05, 0.1) is 13.0 Å². The van der Waals surface area contributed by atoms with Crippen molar-refractivity contribution in [2.45, 2.75) is 26.5 Å². The Balaban J connectivity index is 1.67. The number of likely N-dealkylation sites (tertiary alicyclic amines) is 1. The van der Waals surface area contributed by atoms with Crippen molar-refractivity contribution < 1.29 is 27.5 Å². The third-order valence-corrected chi connectivity index (χ3v) is 6.34.